The average molecular weight is 496 g/mol. The van der Waals surface area contributed by atoms with E-state index in [2.05, 4.69) is 31.7 Å². The fraction of sp³-hybridized carbons (Fsp3) is 0.130. The minimum Gasteiger partial charge on any atom is -0.497 e. The molecule has 0 atom stereocenters. The summed E-state index contributed by atoms with van der Waals surface area (Å²) in [7, 11) is 4.81. The summed E-state index contributed by atoms with van der Waals surface area (Å²) in [6.07, 6.45) is 5.00. The van der Waals surface area contributed by atoms with Crippen LogP contribution in [-0.2, 0) is 0 Å². The van der Waals surface area contributed by atoms with Crippen molar-refractivity contribution in [1.29, 1.82) is 0 Å². The third-order valence-electron chi connectivity index (χ3n) is 5.11. The molecule has 1 radical (unpaired) electrons. The van der Waals surface area contributed by atoms with Gasteiger partial charge in [0.25, 0.3) is 5.89 Å². The van der Waals surface area contributed by atoms with Gasteiger partial charge in [-0.15, -0.1) is 5.10 Å². The monoisotopic (exact) mass is 495 g/mol. The molecular weight excluding hydrogens is 479 g/mol. The molecule has 5 aromatic rings. The first-order valence-corrected chi connectivity index (χ1v) is 10.8. The maximum atomic E-state index is 6.37. The zero-order valence-corrected chi connectivity index (χ0v) is 19.8. The highest BCUT2D eigenvalue weighted by Crippen LogP contribution is 2.42. The first-order valence-electron chi connectivity index (χ1n) is 10.0. The van der Waals surface area contributed by atoms with Crippen LogP contribution < -0.4 is 14.8 Å². The predicted molar refractivity (Wildman–Crippen MR) is 129 cm³/mol. The summed E-state index contributed by atoms with van der Waals surface area (Å²) in [5, 5.41) is 11.9. The van der Waals surface area contributed by atoms with Gasteiger partial charge in [0.15, 0.2) is 0 Å². The molecule has 0 saturated heterocycles. The van der Waals surface area contributed by atoms with Crippen molar-refractivity contribution in [3.8, 4) is 45.5 Å². The van der Waals surface area contributed by atoms with E-state index >= 15 is 0 Å². The lowest BCUT2D eigenvalue weighted by molar-refractivity contribution is 0.395. The molecule has 0 amide bonds. The van der Waals surface area contributed by atoms with E-state index in [9.17, 15) is 0 Å². The molecule has 2 aromatic carbocycles. The van der Waals surface area contributed by atoms with Crippen molar-refractivity contribution in [1.82, 2.24) is 24.6 Å². The lowest BCUT2D eigenvalue weighted by Gasteiger charge is -2.12. The van der Waals surface area contributed by atoms with Gasteiger partial charge in [-0.05, 0) is 24.3 Å². The van der Waals surface area contributed by atoms with Crippen LogP contribution in [0.2, 0.25) is 10.0 Å². The van der Waals surface area contributed by atoms with Crippen LogP contribution in [0.15, 0.2) is 47.0 Å². The number of hydrogen-bond acceptors (Lipinski definition) is 8. The van der Waals surface area contributed by atoms with Crippen LogP contribution in [0.5, 0.6) is 11.5 Å². The number of aromatic nitrogens is 5. The van der Waals surface area contributed by atoms with E-state index < -0.39 is 0 Å². The molecule has 0 aliphatic carbocycles. The van der Waals surface area contributed by atoms with E-state index in [4.69, 9.17) is 37.1 Å². The lowest BCUT2D eigenvalue weighted by atomic mass is 10.0. The number of anilines is 1. The van der Waals surface area contributed by atoms with Crippen molar-refractivity contribution in [2.45, 2.75) is 0 Å². The molecule has 34 heavy (non-hydrogen) atoms. The Morgan fingerprint density at radius 2 is 1.79 bits per heavy atom. The smallest absolute Gasteiger partial charge is 0.315 e. The first kappa shape index (κ1) is 22.0. The SMILES string of the molecule is CNc1nnc(-c2cc(OC)cc(OC)c2-c2[c]n3ccc(-c4c(Cl)cccc4Cl)nc3n2)o1. The zero-order valence-electron chi connectivity index (χ0n) is 18.3. The molecule has 9 nitrogen and oxygen atoms in total. The van der Waals surface area contributed by atoms with Gasteiger partial charge in [-0.3, -0.25) is 4.40 Å². The summed E-state index contributed by atoms with van der Waals surface area (Å²) in [6, 6.07) is 10.9. The van der Waals surface area contributed by atoms with Gasteiger partial charge in [-0.1, -0.05) is 34.4 Å². The number of methoxy groups -OCH3 is 2. The van der Waals surface area contributed by atoms with Crippen LogP contribution in [0, 0.1) is 6.20 Å². The molecule has 5 rings (SSSR count). The molecule has 11 heteroatoms. The normalized spacial score (nSPS) is 11.1. The van der Waals surface area contributed by atoms with Crippen LogP contribution in [0.25, 0.3) is 39.7 Å². The molecule has 0 fully saturated rings. The Morgan fingerprint density at radius 3 is 2.47 bits per heavy atom. The van der Waals surface area contributed by atoms with E-state index in [1.54, 1.807) is 68.3 Å². The number of rotatable bonds is 6. The molecule has 0 bridgehead atoms. The molecule has 0 spiro atoms. The minimum absolute atomic E-state index is 0.263. The highest BCUT2D eigenvalue weighted by molar-refractivity contribution is 6.39. The third kappa shape index (κ3) is 3.78. The van der Waals surface area contributed by atoms with E-state index in [0.717, 1.165) is 0 Å². The van der Waals surface area contributed by atoms with Crippen LogP contribution in [0.3, 0.4) is 0 Å². The van der Waals surface area contributed by atoms with Gasteiger partial charge in [0.1, 0.15) is 23.4 Å². The number of hydrogen-bond donors (Lipinski definition) is 1. The number of fused-ring (bicyclic) bond motifs is 1. The Labute approximate surface area is 204 Å². The van der Waals surface area contributed by atoms with Crippen molar-refractivity contribution in [3.63, 3.8) is 0 Å². The predicted octanol–water partition coefficient (Wildman–Crippen LogP) is 5.28. The fourth-order valence-corrected chi connectivity index (χ4v) is 4.12. The van der Waals surface area contributed by atoms with E-state index in [0.29, 0.717) is 55.4 Å². The van der Waals surface area contributed by atoms with E-state index in [-0.39, 0.29) is 11.9 Å². The van der Waals surface area contributed by atoms with Crippen molar-refractivity contribution in [3.05, 3.63) is 58.8 Å². The Balaban J connectivity index is 1.70. The van der Waals surface area contributed by atoms with E-state index in [1.807, 2.05) is 0 Å². The second kappa shape index (κ2) is 8.85. The summed E-state index contributed by atoms with van der Waals surface area (Å²) in [5.74, 6) is 1.71. The maximum absolute atomic E-state index is 6.37. The summed E-state index contributed by atoms with van der Waals surface area (Å²) in [6.45, 7) is 0. The second-order valence-corrected chi connectivity index (χ2v) is 7.88. The minimum atomic E-state index is 0.263. The summed E-state index contributed by atoms with van der Waals surface area (Å²) < 4.78 is 18.5. The topological polar surface area (TPSA) is 99.6 Å². The van der Waals surface area contributed by atoms with E-state index in [1.165, 1.54) is 0 Å². The van der Waals surface area contributed by atoms with Crippen molar-refractivity contribution < 1.29 is 13.9 Å². The highest BCUT2D eigenvalue weighted by Gasteiger charge is 2.23. The molecule has 171 valence electrons. The zero-order chi connectivity index (χ0) is 23.8. The molecule has 0 aliphatic heterocycles. The Hall–Kier alpha value is -3.82. The number of nitrogens with zero attached hydrogens (tertiary/aromatic N) is 5. The van der Waals surface area contributed by atoms with Crippen LogP contribution in [-0.4, -0.2) is 45.8 Å². The number of halogens is 2. The van der Waals surface area contributed by atoms with Gasteiger partial charge < -0.3 is 19.2 Å². The second-order valence-electron chi connectivity index (χ2n) is 7.07. The maximum Gasteiger partial charge on any atom is 0.315 e. The lowest BCUT2D eigenvalue weighted by Crippen LogP contribution is -1.95. The van der Waals surface area contributed by atoms with Gasteiger partial charge in [0.05, 0.1) is 41.1 Å². The molecule has 3 heterocycles. The van der Waals surface area contributed by atoms with Gasteiger partial charge in [-0.25, -0.2) is 9.97 Å². The van der Waals surface area contributed by atoms with Gasteiger partial charge in [0, 0.05) is 24.9 Å². The number of imidazole rings is 1. The summed E-state index contributed by atoms with van der Waals surface area (Å²) in [5.41, 5.74) is 2.85. The van der Waals surface area contributed by atoms with Gasteiger partial charge in [-0.2, -0.15) is 0 Å². The molecule has 0 saturated carbocycles. The van der Waals surface area contributed by atoms with Gasteiger partial charge in [0.2, 0.25) is 5.78 Å². The fourth-order valence-electron chi connectivity index (χ4n) is 3.52. The number of benzene rings is 2. The average Bonchev–Trinajstić information content (AvgIpc) is 3.49. The molecular formula is C23H17Cl2N6O3. The Bertz CT molecular complexity index is 1490. The molecule has 0 aliphatic rings. The molecule has 3 aromatic heterocycles. The Kier molecular flexibility index (Phi) is 5.72. The largest absolute Gasteiger partial charge is 0.497 e. The standard InChI is InChI=1S/C23H17Cl2N6O3/c1-26-23-30-29-21(34-23)13-9-12(32-2)10-18(33-3)19(13)17-11-31-8-7-16(27-22(31)28-17)20-14(24)5-4-6-15(20)25/h4-10H,1-3H3,(H,26,30). The van der Waals surface area contributed by atoms with Crippen LogP contribution in [0.1, 0.15) is 0 Å². The summed E-state index contributed by atoms with van der Waals surface area (Å²) in [4.78, 5) is 9.34. The van der Waals surface area contributed by atoms with Gasteiger partial charge >= 0.3 is 6.01 Å². The molecule has 0 unspecified atom stereocenters. The van der Waals surface area contributed by atoms with Crippen molar-refractivity contribution in [2.24, 2.45) is 0 Å². The van der Waals surface area contributed by atoms with Crippen LogP contribution in [0.4, 0.5) is 6.01 Å². The molecule has 1 N–H and O–H groups in total. The van der Waals surface area contributed by atoms with Crippen molar-refractivity contribution in [2.75, 3.05) is 26.6 Å². The number of nitrogens with one attached hydrogen (secondary N) is 1. The summed E-state index contributed by atoms with van der Waals surface area (Å²) >= 11 is 12.7. The quantitative estimate of drug-likeness (QED) is 0.339. The third-order valence-corrected chi connectivity index (χ3v) is 5.74. The van der Waals surface area contributed by atoms with Crippen LogP contribution >= 0.6 is 23.2 Å². The Morgan fingerprint density at radius 1 is 1.00 bits per heavy atom. The highest BCUT2D eigenvalue weighted by atomic mass is 35.5. The first-order chi connectivity index (χ1) is 16.5. The number of ether oxygens (including phenoxy) is 2. The van der Waals surface area contributed by atoms with Crippen molar-refractivity contribution >= 4 is 35.0 Å².